The minimum Gasteiger partial charge on any atom is -0.460 e. The smallest absolute Gasteiger partial charge is 0.274 e. The molecule has 1 amide bonds. The van der Waals surface area contributed by atoms with Gasteiger partial charge >= 0.3 is 0 Å². The van der Waals surface area contributed by atoms with E-state index in [1.54, 1.807) is 6.07 Å². The molecule has 2 atom stereocenters. The molecule has 118 valence electrons. The maximum Gasteiger partial charge on any atom is 0.274 e. The lowest BCUT2D eigenvalue weighted by molar-refractivity contribution is 0.0776. The van der Waals surface area contributed by atoms with E-state index in [1.165, 1.54) is 0 Å². The van der Waals surface area contributed by atoms with Gasteiger partial charge in [0.15, 0.2) is 11.5 Å². The minimum atomic E-state index is 0. The van der Waals surface area contributed by atoms with Crippen molar-refractivity contribution >= 4 is 18.3 Å². The molecule has 6 nitrogen and oxygen atoms in total. The number of aromatic nitrogens is 2. The van der Waals surface area contributed by atoms with Gasteiger partial charge in [0.05, 0.1) is 0 Å². The molecule has 22 heavy (non-hydrogen) atoms. The second kappa shape index (κ2) is 5.78. The summed E-state index contributed by atoms with van der Waals surface area (Å²) in [5, 5.41) is 10.4. The van der Waals surface area contributed by atoms with Crippen molar-refractivity contribution < 1.29 is 9.21 Å². The average Bonchev–Trinajstić information content (AvgIpc) is 3.20. The number of halogens is 1. The van der Waals surface area contributed by atoms with Gasteiger partial charge in [-0.25, -0.2) is 0 Å². The van der Waals surface area contributed by atoms with E-state index in [0.717, 1.165) is 37.6 Å². The Bertz CT molecular complexity index is 669. The van der Waals surface area contributed by atoms with Crippen LogP contribution in [0.4, 0.5) is 0 Å². The van der Waals surface area contributed by atoms with Crippen LogP contribution in [0.15, 0.2) is 22.6 Å². The van der Waals surface area contributed by atoms with E-state index in [2.05, 4.69) is 15.5 Å². The van der Waals surface area contributed by atoms with Crippen LogP contribution in [0.2, 0.25) is 0 Å². The lowest BCUT2D eigenvalue weighted by atomic mass is 10.0. The molecule has 2 aliphatic heterocycles. The number of hydrogen-bond acceptors (Lipinski definition) is 4. The third-order valence-corrected chi connectivity index (χ3v) is 4.48. The van der Waals surface area contributed by atoms with Crippen molar-refractivity contribution in [3.05, 3.63) is 29.7 Å². The van der Waals surface area contributed by atoms with Crippen molar-refractivity contribution in [3.63, 3.8) is 0 Å². The molecule has 2 aromatic heterocycles. The van der Waals surface area contributed by atoms with Crippen LogP contribution in [0.5, 0.6) is 0 Å². The second-order valence-electron chi connectivity index (χ2n) is 5.97. The van der Waals surface area contributed by atoms with Gasteiger partial charge in [-0.2, -0.15) is 5.10 Å². The Hall–Kier alpha value is -1.79. The molecule has 2 aromatic rings. The fraction of sp³-hybridized carbons (Fsp3) is 0.467. The summed E-state index contributed by atoms with van der Waals surface area (Å²) in [6.45, 7) is 5.60. The fourth-order valence-corrected chi connectivity index (χ4v) is 3.32. The van der Waals surface area contributed by atoms with Gasteiger partial charge in [0, 0.05) is 32.2 Å². The first-order valence-corrected chi connectivity index (χ1v) is 7.33. The van der Waals surface area contributed by atoms with Gasteiger partial charge in [0.25, 0.3) is 5.91 Å². The molecular weight excluding hydrogens is 304 g/mol. The molecule has 4 rings (SSSR count). The molecule has 2 saturated heterocycles. The fourth-order valence-electron chi connectivity index (χ4n) is 3.32. The molecule has 2 fully saturated rings. The second-order valence-corrected chi connectivity index (χ2v) is 5.97. The van der Waals surface area contributed by atoms with E-state index in [4.69, 9.17) is 4.42 Å². The third kappa shape index (κ3) is 2.53. The van der Waals surface area contributed by atoms with Crippen LogP contribution in [-0.2, 0) is 0 Å². The number of amides is 1. The largest absolute Gasteiger partial charge is 0.460 e. The minimum absolute atomic E-state index is 0. The molecule has 0 radical (unpaired) electrons. The average molecular weight is 323 g/mol. The highest BCUT2D eigenvalue weighted by Gasteiger charge is 2.38. The van der Waals surface area contributed by atoms with Crippen LogP contribution in [-0.4, -0.2) is 47.2 Å². The number of rotatable bonds is 2. The number of carbonyl (C=O) groups excluding carboxylic acids is 1. The van der Waals surface area contributed by atoms with Crippen LogP contribution in [0.3, 0.4) is 0 Å². The Labute approximate surface area is 134 Å². The quantitative estimate of drug-likeness (QED) is 0.882. The molecule has 0 saturated carbocycles. The standard InChI is InChI=1S/C15H18N4O2.ClH/c1-9-2-3-14(21-9)12-4-13(18-17-12)15(20)19-7-10-5-16-6-11(10)8-19;/h2-4,10-11,16H,5-8H2,1H3,(H,17,18);1H/t10-,11+;. The van der Waals surface area contributed by atoms with Crippen LogP contribution in [0.25, 0.3) is 11.5 Å². The summed E-state index contributed by atoms with van der Waals surface area (Å²) in [5.74, 6) is 2.75. The number of aromatic amines is 1. The molecule has 2 aliphatic rings. The SMILES string of the molecule is Cc1ccc(-c2cc(C(=O)N3C[C@H]4CNC[C@H]4C3)n[nH]2)o1.Cl. The topological polar surface area (TPSA) is 74.2 Å². The van der Waals surface area contributed by atoms with Gasteiger partial charge in [-0.15, -0.1) is 12.4 Å². The van der Waals surface area contributed by atoms with E-state index in [-0.39, 0.29) is 18.3 Å². The number of hydrogen-bond donors (Lipinski definition) is 2. The highest BCUT2D eigenvalue weighted by molar-refractivity contribution is 5.93. The number of carbonyl (C=O) groups is 1. The molecule has 7 heteroatoms. The lowest BCUT2D eigenvalue weighted by Gasteiger charge is -2.15. The molecule has 0 aliphatic carbocycles. The number of aryl methyl sites for hydroxylation is 1. The highest BCUT2D eigenvalue weighted by Crippen LogP contribution is 2.28. The maximum absolute atomic E-state index is 12.5. The summed E-state index contributed by atoms with van der Waals surface area (Å²) >= 11 is 0. The predicted octanol–water partition coefficient (Wildman–Crippen LogP) is 1.69. The number of furan rings is 1. The van der Waals surface area contributed by atoms with E-state index in [9.17, 15) is 4.79 Å². The van der Waals surface area contributed by atoms with Gasteiger partial charge in [-0.1, -0.05) is 0 Å². The summed E-state index contributed by atoms with van der Waals surface area (Å²) in [6.07, 6.45) is 0. The zero-order valence-electron chi connectivity index (χ0n) is 12.3. The van der Waals surface area contributed by atoms with E-state index in [1.807, 2.05) is 24.0 Å². The molecular formula is C15H19ClN4O2. The number of nitrogens with one attached hydrogen (secondary N) is 2. The van der Waals surface area contributed by atoms with Gasteiger partial charge in [0.2, 0.25) is 0 Å². The first-order valence-electron chi connectivity index (χ1n) is 7.33. The lowest BCUT2D eigenvalue weighted by Crippen LogP contribution is -2.32. The summed E-state index contributed by atoms with van der Waals surface area (Å²) < 4.78 is 5.54. The van der Waals surface area contributed by atoms with Crippen molar-refractivity contribution in [1.82, 2.24) is 20.4 Å². The van der Waals surface area contributed by atoms with Gasteiger partial charge in [0.1, 0.15) is 11.5 Å². The molecule has 0 bridgehead atoms. The van der Waals surface area contributed by atoms with Gasteiger partial charge in [-0.3, -0.25) is 9.89 Å². The van der Waals surface area contributed by atoms with Gasteiger partial charge < -0.3 is 14.6 Å². The number of likely N-dealkylation sites (tertiary alicyclic amines) is 1. The van der Waals surface area contributed by atoms with Crippen LogP contribution < -0.4 is 5.32 Å². The van der Waals surface area contributed by atoms with Crippen molar-refractivity contribution in [2.24, 2.45) is 11.8 Å². The predicted molar refractivity (Wildman–Crippen MR) is 84.0 cm³/mol. The van der Waals surface area contributed by atoms with Crippen molar-refractivity contribution in [3.8, 4) is 11.5 Å². The van der Waals surface area contributed by atoms with Crippen molar-refractivity contribution in [1.29, 1.82) is 0 Å². The van der Waals surface area contributed by atoms with E-state index >= 15 is 0 Å². The summed E-state index contributed by atoms with van der Waals surface area (Å²) in [4.78, 5) is 14.4. The summed E-state index contributed by atoms with van der Waals surface area (Å²) in [7, 11) is 0. The normalized spacial score (nSPS) is 23.4. The van der Waals surface area contributed by atoms with Crippen molar-refractivity contribution in [2.75, 3.05) is 26.2 Å². The van der Waals surface area contributed by atoms with Crippen LogP contribution >= 0.6 is 12.4 Å². The number of fused-ring (bicyclic) bond motifs is 1. The monoisotopic (exact) mass is 322 g/mol. The van der Waals surface area contributed by atoms with Crippen molar-refractivity contribution in [2.45, 2.75) is 6.92 Å². The molecule has 2 N–H and O–H groups in total. The highest BCUT2D eigenvalue weighted by atomic mass is 35.5. The molecule has 0 aromatic carbocycles. The first kappa shape index (κ1) is 15.1. The Kier molecular flexibility index (Phi) is 3.97. The zero-order valence-corrected chi connectivity index (χ0v) is 13.2. The van der Waals surface area contributed by atoms with Crippen LogP contribution in [0.1, 0.15) is 16.2 Å². The third-order valence-electron chi connectivity index (χ3n) is 4.48. The Morgan fingerprint density at radius 2 is 2.05 bits per heavy atom. The van der Waals surface area contributed by atoms with Gasteiger partial charge in [-0.05, 0) is 30.9 Å². The van der Waals surface area contributed by atoms with E-state index < -0.39 is 0 Å². The Morgan fingerprint density at radius 1 is 1.32 bits per heavy atom. The summed E-state index contributed by atoms with van der Waals surface area (Å²) in [5.41, 5.74) is 1.21. The maximum atomic E-state index is 12.5. The molecule has 0 spiro atoms. The Morgan fingerprint density at radius 3 is 2.68 bits per heavy atom. The first-order chi connectivity index (χ1) is 10.2. The number of H-pyrrole nitrogens is 1. The zero-order chi connectivity index (χ0) is 14.4. The van der Waals surface area contributed by atoms with E-state index in [0.29, 0.717) is 23.3 Å². The Balaban J connectivity index is 0.00000144. The number of nitrogens with zero attached hydrogens (tertiary/aromatic N) is 2. The van der Waals surface area contributed by atoms with Crippen LogP contribution in [0, 0.1) is 18.8 Å². The molecule has 4 heterocycles. The summed E-state index contributed by atoms with van der Waals surface area (Å²) in [6, 6.07) is 5.54. The molecule has 0 unspecified atom stereocenters.